The van der Waals surface area contributed by atoms with E-state index in [1.54, 1.807) is 0 Å². The van der Waals surface area contributed by atoms with Gasteiger partial charge in [-0.05, 0) is 37.3 Å². The highest BCUT2D eigenvalue weighted by molar-refractivity contribution is 5.81. The van der Waals surface area contributed by atoms with Crippen LogP contribution in [0.2, 0.25) is 0 Å². The molecular formula is C15H17N3O. The molecule has 0 unspecified atom stereocenters. The van der Waals surface area contributed by atoms with Gasteiger partial charge in [0.15, 0.2) is 0 Å². The molecule has 98 valence electrons. The second-order valence-electron chi connectivity index (χ2n) is 4.58. The first-order valence-electron chi connectivity index (χ1n) is 6.46. The van der Waals surface area contributed by atoms with Gasteiger partial charge in [0, 0.05) is 30.3 Å². The largest absolute Gasteiger partial charge is 0.494 e. The van der Waals surface area contributed by atoms with Crippen LogP contribution in [0.3, 0.4) is 0 Å². The lowest BCUT2D eigenvalue weighted by molar-refractivity contribution is 0.340. The average Bonchev–Trinajstić information content (AvgIpc) is 2.97. The molecule has 0 radical (unpaired) electrons. The second-order valence-corrected chi connectivity index (χ2v) is 4.58. The van der Waals surface area contributed by atoms with Gasteiger partial charge in [-0.15, -0.1) is 0 Å². The van der Waals surface area contributed by atoms with Gasteiger partial charge < -0.3 is 9.30 Å². The summed E-state index contributed by atoms with van der Waals surface area (Å²) >= 11 is 0. The van der Waals surface area contributed by atoms with Crippen LogP contribution in [0.25, 0.3) is 10.9 Å². The van der Waals surface area contributed by atoms with Gasteiger partial charge in [0.1, 0.15) is 5.75 Å². The van der Waals surface area contributed by atoms with Crippen molar-refractivity contribution in [2.24, 2.45) is 7.05 Å². The van der Waals surface area contributed by atoms with Crippen LogP contribution in [-0.2, 0) is 13.6 Å². The summed E-state index contributed by atoms with van der Waals surface area (Å²) in [5.74, 6) is 0.922. The molecule has 0 aliphatic rings. The Labute approximate surface area is 112 Å². The molecule has 4 heteroatoms. The van der Waals surface area contributed by atoms with Crippen molar-refractivity contribution in [2.45, 2.75) is 13.5 Å². The summed E-state index contributed by atoms with van der Waals surface area (Å²) in [7, 11) is 1.94. The third kappa shape index (κ3) is 2.34. The molecule has 3 rings (SSSR count). The fourth-order valence-corrected chi connectivity index (χ4v) is 2.29. The van der Waals surface area contributed by atoms with Crippen molar-refractivity contribution in [1.29, 1.82) is 0 Å². The van der Waals surface area contributed by atoms with Crippen molar-refractivity contribution in [3.8, 4) is 5.75 Å². The molecule has 0 aliphatic carbocycles. The number of aryl methyl sites for hydroxylation is 1. The zero-order chi connectivity index (χ0) is 13.2. The Morgan fingerprint density at radius 2 is 2.05 bits per heavy atom. The van der Waals surface area contributed by atoms with E-state index in [0.717, 1.165) is 18.0 Å². The Morgan fingerprint density at radius 3 is 2.79 bits per heavy atom. The molecule has 2 heterocycles. The second kappa shape index (κ2) is 4.80. The molecule has 0 saturated carbocycles. The third-order valence-corrected chi connectivity index (χ3v) is 3.15. The van der Waals surface area contributed by atoms with Gasteiger partial charge in [-0.25, -0.2) is 0 Å². The molecule has 0 amide bonds. The number of fused-ring (bicyclic) bond motifs is 1. The minimum Gasteiger partial charge on any atom is -0.494 e. The molecule has 3 aromatic rings. The van der Waals surface area contributed by atoms with E-state index in [1.165, 1.54) is 10.9 Å². The van der Waals surface area contributed by atoms with Crippen LogP contribution >= 0.6 is 0 Å². The van der Waals surface area contributed by atoms with Crippen molar-refractivity contribution >= 4 is 10.9 Å². The average molecular weight is 255 g/mol. The summed E-state index contributed by atoms with van der Waals surface area (Å²) in [4.78, 5) is 0. The third-order valence-electron chi connectivity index (χ3n) is 3.15. The maximum Gasteiger partial charge on any atom is 0.120 e. The van der Waals surface area contributed by atoms with Crippen LogP contribution in [0, 0.1) is 0 Å². The molecule has 0 fully saturated rings. The van der Waals surface area contributed by atoms with Crippen LogP contribution in [0.5, 0.6) is 5.75 Å². The Morgan fingerprint density at radius 1 is 1.16 bits per heavy atom. The molecule has 0 spiro atoms. The zero-order valence-electron chi connectivity index (χ0n) is 11.2. The lowest BCUT2D eigenvalue weighted by atomic mass is 10.2. The van der Waals surface area contributed by atoms with E-state index in [2.05, 4.69) is 34.1 Å². The van der Waals surface area contributed by atoms with Crippen LogP contribution in [0.15, 0.2) is 42.7 Å². The lowest BCUT2D eigenvalue weighted by Crippen LogP contribution is -2.00. The first-order chi connectivity index (χ1) is 9.26. The standard InChI is InChI=1S/C15H17N3O/c1-3-19-14-4-5-15-12(10-14)6-9-18(15)11-13-7-8-17(2)16-13/h4-10H,3,11H2,1-2H3. The Hall–Kier alpha value is -2.23. The summed E-state index contributed by atoms with van der Waals surface area (Å²) in [6, 6.07) is 10.3. The van der Waals surface area contributed by atoms with E-state index in [1.807, 2.05) is 37.0 Å². The smallest absolute Gasteiger partial charge is 0.120 e. The molecule has 0 saturated heterocycles. The van der Waals surface area contributed by atoms with Crippen molar-refractivity contribution in [2.75, 3.05) is 6.61 Å². The summed E-state index contributed by atoms with van der Waals surface area (Å²) < 4.78 is 9.55. The first kappa shape index (κ1) is 11.8. The quantitative estimate of drug-likeness (QED) is 0.718. The molecule has 1 aromatic carbocycles. The number of benzene rings is 1. The van der Waals surface area contributed by atoms with E-state index in [9.17, 15) is 0 Å². The van der Waals surface area contributed by atoms with Gasteiger partial charge in [-0.1, -0.05) is 0 Å². The highest BCUT2D eigenvalue weighted by Gasteiger charge is 2.05. The number of hydrogen-bond donors (Lipinski definition) is 0. The Balaban J connectivity index is 1.92. The zero-order valence-corrected chi connectivity index (χ0v) is 11.2. The van der Waals surface area contributed by atoms with Gasteiger partial charge in [0.25, 0.3) is 0 Å². The van der Waals surface area contributed by atoms with Crippen molar-refractivity contribution < 1.29 is 4.74 Å². The normalized spacial score (nSPS) is 11.1. The summed E-state index contributed by atoms with van der Waals surface area (Å²) in [5.41, 5.74) is 2.27. The van der Waals surface area contributed by atoms with Gasteiger partial charge in [-0.2, -0.15) is 5.10 Å². The summed E-state index contributed by atoms with van der Waals surface area (Å²) in [5, 5.41) is 5.61. The predicted octanol–water partition coefficient (Wildman–Crippen LogP) is 2.82. The van der Waals surface area contributed by atoms with Gasteiger partial charge in [0.05, 0.1) is 18.8 Å². The summed E-state index contributed by atoms with van der Waals surface area (Å²) in [6.45, 7) is 3.48. The van der Waals surface area contributed by atoms with Gasteiger partial charge >= 0.3 is 0 Å². The molecule has 0 atom stereocenters. The molecule has 19 heavy (non-hydrogen) atoms. The van der Waals surface area contributed by atoms with Crippen LogP contribution < -0.4 is 4.74 Å². The van der Waals surface area contributed by atoms with Crippen LogP contribution in [-0.4, -0.2) is 21.0 Å². The fraction of sp³-hybridized carbons (Fsp3) is 0.267. The van der Waals surface area contributed by atoms with Crippen molar-refractivity contribution in [1.82, 2.24) is 14.3 Å². The summed E-state index contributed by atoms with van der Waals surface area (Å²) in [6.07, 6.45) is 4.06. The predicted molar refractivity (Wildman–Crippen MR) is 75.4 cm³/mol. The SMILES string of the molecule is CCOc1ccc2c(ccn2Cc2ccn(C)n2)c1. The van der Waals surface area contributed by atoms with E-state index in [-0.39, 0.29) is 0 Å². The maximum absolute atomic E-state index is 5.52. The lowest BCUT2D eigenvalue weighted by Gasteiger charge is -2.05. The highest BCUT2D eigenvalue weighted by atomic mass is 16.5. The van der Waals surface area contributed by atoms with Crippen LogP contribution in [0.1, 0.15) is 12.6 Å². The molecule has 2 aromatic heterocycles. The number of rotatable bonds is 4. The number of hydrogen-bond acceptors (Lipinski definition) is 2. The topological polar surface area (TPSA) is 32.0 Å². The Kier molecular flexibility index (Phi) is 2.99. The molecule has 0 N–H and O–H groups in total. The molecule has 0 aliphatic heterocycles. The molecule has 0 bridgehead atoms. The van der Waals surface area contributed by atoms with E-state index in [4.69, 9.17) is 4.74 Å². The minimum atomic E-state index is 0.695. The fourth-order valence-electron chi connectivity index (χ4n) is 2.29. The van der Waals surface area contributed by atoms with E-state index in [0.29, 0.717) is 6.61 Å². The molecule has 4 nitrogen and oxygen atoms in total. The van der Waals surface area contributed by atoms with Gasteiger partial charge in [-0.3, -0.25) is 4.68 Å². The van der Waals surface area contributed by atoms with E-state index >= 15 is 0 Å². The van der Waals surface area contributed by atoms with Gasteiger partial charge in [0.2, 0.25) is 0 Å². The van der Waals surface area contributed by atoms with E-state index < -0.39 is 0 Å². The molecular weight excluding hydrogens is 238 g/mol. The minimum absolute atomic E-state index is 0.695. The highest BCUT2D eigenvalue weighted by Crippen LogP contribution is 2.22. The monoisotopic (exact) mass is 255 g/mol. The number of nitrogens with zero attached hydrogens (tertiary/aromatic N) is 3. The number of aromatic nitrogens is 3. The van der Waals surface area contributed by atoms with Crippen LogP contribution in [0.4, 0.5) is 0 Å². The van der Waals surface area contributed by atoms with Crippen molar-refractivity contribution in [3.63, 3.8) is 0 Å². The maximum atomic E-state index is 5.52. The first-order valence-corrected chi connectivity index (χ1v) is 6.46. The van der Waals surface area contributed by atoms with Crippen molar-refractivity contribution in [3.05, 3.63) is 48.4 Å². The Bertz CT molecular complexity index is 696. The number of ether oxygens (including phenoxy) is 1.